The van der Waals surface area contributed by atoms with Gasteiger partial charge in [0.25, 0.3) is 0 Å². The molecule has 76 valence electrons. The predicted molar refractivity (Wildman–Crippen MR) is 56.3 cm³/mol. The zero-order valence-corrected chi connectivity index (χ0v) is 9.00. The maximum Gasteiger partial charge on any atom is 0.170 e. The molecule has 0 amide bonds. The smallest absolute Gasteiger partial charge is 0.170 e. The van der Waals surface area contributed by atoms with E-state index in [0.29, 0.717) is 12.0 Å². The van der Waals surface area contributed by atoms with Crippen molar-refractivity contribution in [1.82, 2.24) is 9.78 Å². The summed E-state index contributed by atoms with van der Waals surface area (Å²) in [5.74, 6) is 0.113. The fraction of sp³-hybridized carbons (Fsp3) is 0.455. The molecule has 0 saturated carbocycles. The Kier molecular flexibility index (Phi) is 3.23. The van der Waals surface area contributed by atoms with E-state index in [2.05, 4.69) is 11.7 Å². The van der Waals surface area contributed by atoms with E-state index in [1.807, 2.05) is 20.9 Å². The van der Waals surface area contributed by atoms with Gasteiger partial charge in [0.1, 0.15) is 0 Å². The molecule has 0 unspecified atom stereocenters. The lowest BCUT2D eigenvalue weighted by molar-refractivity contribution is 0.0991. The van der Waals surface area contributed by atoms with Gasteiger partial charge < -0.3 is 0 Å². The van der Waals surface area contributed by atoms with Gasteiger partial charge in [-0.1, -0.05) is 19.1 Å². The number of carbonyl (C=O) groups is 1. The lowest BCUT2D eigenvalue weighted by Crippen LogP contribution is -2.02. The molecule has 1 aromatic heterocycles. The molecule has 0 bridgehead atoms. The highest BCUT2D eigenvalue weighted by Gasteiger charge is 2.12. The Morgan fingerprint density at radius 2 is 2.29 bits per heavy atom. The second kappa shape index (κ2) is 4.22. The molecule has 0 radical (unpaired) electrons. The maximum atomic E-state index is 11.7. The average molecular weight is 192 g/mol. The molecule has 3 heteroatoms. The van der Waals surface area contributed by atoms with Crippen molar-refractivity contribution in [2.24, 2.45) is 7.05 Å². The third-order valence-electron chi connectivity index (χ3n) is 2.45. The molecule has 14 heavy (non-hydrogen) atoms. The second-order valence-corrected chi connectivity index (χ2v) is 3.47. The van der Waals surface area contributed by atoms with Crippen molar-refractivity contribution in [2.75, 3.05) is 0 Å². The summed E-state index contributed by atoms with van der Waals surface area (Å²) in [6.07, 6.45) is 2.91. The van der Waals surface area contributed by atoms with E-state index in [9.17, 15) is 4.79 Å². The molecule has 0 aliphatic carbocycles. The summed E-state index contributed by atoms with van der Waals surface area (Å²) in [5, 5.41) is 4.04. The molecule has 3 nitrogen and oxygen atoms in total. The number of Topliss-reactive ketones (excluding diaryl/α,β-unsaturated/α-hetero) is 1. The molecule has 1 rings (SSSR count). The van der Waals surface area contributed by atoms with Gasteiger partial charge in [-0.25, -0.2) is 0 Å². The predicted octanol–water partition coefficient (Wildman–Crippen LogP) is 2.27. The molecule has 0 saturated heterocycles. The first kappa shape index (κ1) is 10.7. The second-order valence-electron chi connectivity index (χ2n) is 3.47. The molecule has 0 spiro atoms. The lowest BCUT2D eigenvalue weighted by atomic mass is 10.0. The number of rotatable bonds is 4. The molecule has 1 heterocycles. The lowest BCUT2D eigenvalue weighted by Gasteiger charge is -2.01. The largest absolute Gasteiger partial charge is 0.294 e. The number of allylic oxidation sites excluding steroid dienone is 1. The Hall–Kier alpha value is -1.38. The normalized spacial score (nSPS) is 10.2. The monoisotopic (exact) mass is 192 g/mol. The van der Waals surface area contributed by atoms with Gasteiger partial charge in [-0.2, -0.15) is 5.10 Å². The van der Waals surface area contributed by atoms with E-state index in [0.717, 1.165) is 17.7 Å². The van der Waals surface area contributed by atoms with Crippen LogP contribution in [0.15, 0.2) is 18.3 Å². The Morgan fingerprint density at radius 1 is 1.64 bits per heavy atom. The molecule has 0 fully saturated rings. The summed E-state index contributed by atoms with van der Waals surface area (Å²) >= 11 is 0. The Bertz CT molecular complexity index is 363. The first-order valence-electron chi connectivity index (χ1n) is 4.74. The van der Waals surface area contributed by atoms with E-state index < -0.39 is 0 Å². The van der Waals surface area contributed by atoms with Gasteiger partial charge in [0.05, 0.1) is 11.8 Å². The van der Waals surface area contributed by atoms with Crippen LogP contribution in [-0.4, -0.2) is 15.6 Å². The van der Waals surface area contributed by atoms with Gasteiger partial charge in [0.15, 0.2) is 5.78 Å². The minimum atomic E-state index is 0.113. The molecule has 1 aromatic rings. The molecule has 0 aliphatic heterocycles. The van der Waals surface area contributed by atoms with Crippen LogP contribution in [-0.2, 0) is 7.05 Å². The van der Waals surface area contributed by atoms with Crippen molar-refractivity contribution in [3.63, 3.8) is 0 Å². The molecule has 0 aromatic carbocycles. The quantitative estimate of drug-likeness (QED) is 0.542. The van der Waals surface area contributed by atoms with Crippen molar-refractivity contribution in [3.8, 4) is 0 Å². The number of aromatic nitrogens is 2. The number of ketones is 1. The number of hydrogen-bond donors (Lipinski definition) is 0. The van der Waals surface area contributed by atoms with Gasteiger partial charge in [0, 0.05) is 19.2 Å². The van der Waals surface area contributed by atoms with E-state index in [-0.39, 0.29) is 5.78 Å². The minimum Gasteiger partial charge on any atom is -0.294 e. The standard InChI is InChI=1S/C11H16N2O/c1-5-8(2)6-11(14)10-7-12-13(4)9(10)3/h7H,2,5-6H2,1,3-4H3. The van der Waals surface area contributed by atoms with Crippen LogP contribution in [0.3, 0.4) is 0 Å². The Labute approximate surface area is 84.4 Å². The van der Waals surface area contributed by atoms with Gasteiger partial charge in [-0.15, -0.1) is 0 Å². The maximum absolute atomic E-state index is 11.7. The fourth-order valence-corrected chi connectivity index (χ4v) is 1.22. The molecular formula is C11H16N2O. The number of nitrogens with zero attached hydrogens (tertiary/aromatic N) is 2. The van der Waals surface area contributed by atoms with Crippen molar-refractivity contribution >= 4 is 5.78 Å². The molecule has 0 atom stereocenters. The summed E-state index contributed by atoms with van der Waals surface area (Å²) in [6, 6.07) is 0. The van der Waals surface area contributed by atoms with Crippen LogP contribution in [0, 0.1) is 6.92 Å². The van der Waals surface area contributed by atoms with Crippen molar-refractivity contribution < 1.29 is 4.79 Å². The van der Waals surface area contributed by atoms with Crippen LogP contribution < -0.4 is 0 Å². The van der Waals surface area contributed by atoms with E-state index in [4.69, 9.17) is 0 Å². The van der Waals surface area contributed by atoms with Crippen molar-refractivity contribution in [3.05, 3.63) is 29.6 Å². The van der Waals surface area contributed by atoms with E-state index in [1.165, 1.54) is 0 Å². The van der Waals surface area contributed by atoms with Crippen LogP contribution in [0.4, 0.5) is 0 Å². The van der Waals surface area contributed by atoms with Gasteiger partial charge in [0.2, 0.25) is 0 Å². The SMILES string of the molecule is C=C(CC)CC(=O)c1cnn(C)c1C. The van der Waals surface area contributed by atoms with Crippen LogP contribution in [0.5, 0.6) is 0 Å². The Morgan fingerprint density at radius 3 is 2.71 bits per heavy atom. The molecule has 0 aliphatic rings. The summed E-state index contributed by atoms with van der Waals surface area (Å²) in [7, 11) is 1.83. The van der Waals surface area contributed by atoms with Gasteiger partial charge in [-0.3, -0.25) is 9.48 Å². The summed E-state index contributed by atoms with van der Waals surface area (Å²) in [6.45, 7) is 7.73. The first-order valence-corrected chi connectivity index (χ1v) is 4.74. The fourth-order valence-electron chi connectivity index (χ4n) is 1.22. The zero-order chi connectivity index (χ0) is 10.7. The minimum absolute atomic E-state index is 0.113. The topological polar surface area (TPSA) is 34.9 Å². The average Bonchev–Trinajstić information content (AvgIpc) is 2.47. The number of hydrogen-bond acceptors (Lipinski definition) is 2. The summed E-state index contributed by atoms with van der Waals surface area (Å²) < 4.78 is 1.71. The molecule has 0 N–H and O–H groups in total. The highest BCUT2D eigenvalue weighted by Crippen LogP contribution is 2.13. The van der Waals surface area contributed by atoms with E-state index in [1.54, 1.807) is 10.9 Å². The zero-order valence-electron chi connectivity index (χ0n) is 9.00. The van der Waals surface area contributed by atoms with Gasteiger partial charge in [-0.05, 0) is 13.3 Å². The van der Waals surface area contributed by atoms with E-state index >= 15 is 0 Å². The summed E-state index contributed by atoms with van der Waals surface area (Å²) in [4.78, 5) is 11.7. The van der Waals surface area contributed by atoms with Crippen LogP contribution in [0.25, 0.3) is 0 Å². The van der Waals surface area contributed by atoms with Gasteiger partial charge >= 0.3 is 0 Å². The highest BCUT2D eigenvalue weighted by molar-refractivity contribution is 5.98. The van der Waals surface area contributed by atoms with Crippen molar-refractivity contribution in [2.45, 2.75) is 26.7 Å². The van der Waals surface area contributed by atoms with Crippen LogP contribution >= 0.6 is 0 Å². The Balaban J connectivity index is 2.80. The molecular weight excluding hydrogens is 176 g/mol. The first-order chi connectivity index (χ1) is 6.56. The van der Waals surface area contributed by atoms with Crippen LogP contribution in [0.1, 0.15) is 35.8 Å². The third-order valence-corrected chi connectivity index (χ3v) is 2.45. The van der Waals surface area contributed by atoms with Crippen molar-refractivity contribution in [1.29, 1.82) is 0 Å². The highest BCUT2D eigenvalue weighted by atomic mass is 16.1. The third kappa shape index (κ3) is 2.10. The number of aryl methyl sites for hydroxylation is 1. The van der Waals surface area contributed by atoms with Crippen LogP contribution in [0.2, 0.25) is 0 Å². The number of carbonyl (C=O) groups excluding carboxylic acids is 1. The summed E-state index contributed by atoms with van der Waals surface area (Å²) in [5.41, 5.74) is 2.60.